The van der Waals surface area contributed by atoms with Crippen LogP contribution in [0.25, 0.3) is 0 Å². The number of nitrogens with zero attached hydrogens (tertiary/aromatic N) is 1. The van der Waals surface area contributed by atoms with Crippen LogP contribution < -0.4 is 5.32 Å². The van der Waals surface area contributed by atoms with Crippen molar-refractivity contribution in [3.63, 3.8) is 0 Å². The molecule has 84 valence electrons. The molecule has 1 aromatic heterocycles. The summed E-state index contributed by atoms with van der Waals surface area (Å²) in [5.41, 5.74) is 1.67. The van der Waals surface area contributed by atoms with Crippen LogP contribution in [-0.4, -0.2) is 31.7 Å². The molecular weight excluding hydrogens is 232 g/mol. The predicted molar refractivity (Wildman–Crippen MR) is 60.6 cm³/mol. The third-order valence-electron chi connectivity index (χ3n) is 2.59. The van der Waals surface area contributed by atoms with Crippen LogP contribution in [0.4, 0.5) is 0 Å². The van der Waals surface area contributed by atoms with Gasteiger partial charge in [-0.05, 0) is 19.4 Å². The molecule has 1 aliphatic heterocycles. The molecule has 1 aliphatic rings. The second kappa shape index (κ2) is 4.59. The summed E-state index contributed by atoms with van der Waals surface area (Å²) < 4.78 is 24.0. The van der Waals surface area contributed by atoms with E-state index in [-0.39, 0.29) is 11.0 Å². The molecule has 6 heteroatoms. The van der Waals surface area contributed by atoms with E-state index < -0.39 is 9.84 Å². The SMILES string of the molecule is O=S(=O)(Cc1cncs1)C1CCCNC1. The van der Waals surface area contributed by atoms with Gasteiger partial charge in [-0.25, -0.2) is 8.42 Å². The van der Waals surface area contributed by atoms with Gasteiger partial charge >= 0.3 is 0 Å². The van der Waals surface area contributed by atoms with Crippen LogP contribution in [0.5, 0.6) is 0 Å². The molecule has 1 fully saturated rings. The number of sulfone groups is 1. The van der Waals surface area contributed by atoms with E-state index in [1.54, 1.807) is 11.7 Å². The molecule has 0 amide bonds. The van der Waals surface area contributed by atoms with Crippen LogP contribution in [0.2, 0.25) is 0 Å². The first-order valence-corrected chi connectivity index (χ1v) is 7.57. The van der Waals surface area contributed by atoms with Crippen LogP contribution in [-0.2, 0) is 15.6 Å². The van der Waals surface area contributed by atoms with Gasteiger partial charge < -0.3 is 5.32 Å². The molecule has 1 N–H and O–H groups in total. The lowest BCUT2D eigenvalue weighted by Crippen LogP contribution is -2.39. The number of aromatic nitrogens is 1. The topological polar surface area (TPSA) is 59.1 Å². The molecule has 1 unspecified atom stereocenters. The highest BCUT2D eigenvalue weighted by atomic mass is 32.2. The summed E-state index contributed by atoms with van der Waals surface area (Å²) in [6.07, 6.45) is 3.37. The van der Waals surface area contributed by atoms with E-state index in [0.29, 0.717) is 6.54 Å². The van der Waals surface area contributed by atoms with E-state index in [1.165, 1.54) is 11.3 Å². The lowest BCUT2D eigenvalue weighted by atomic mass is 10.2. The molecule has 0 saturated carbocycles. The molecule has 0 bridgehead atoms. The Balaban J connectivity index is 2.05. The Morgan fingerprint density at radius 2 is 2.47 bits per heavy atom. The number of piperidine rings is 1. The molecule has 15 heavy (non-hydrogen) atoms. The van der Waals surface area contributed by atoms with Crippen molar-refractivity contribution in [1.29, 1.82) is 0 Å². The van der Waals surface area contributed by atoms with Gasteiger partial charge in [0, 0.05) is 17.6 Å². The van der Waals surface area contributed by atoms with Crippen molar-refractivity contribution in [2.45, 2.75) is 23.8 Å². The van der Waals surface area contributed by atoms with Gasteiger partial charge in [0.25, 0.3) is 0 Å². The van der Waals surface area contributed by atoms with Crippen molar-refractivity contribution < 1.29 is 8.42 Å². The van der Waals surface area contributed by atoms with E-state index in [2.05, 4.69) is 10.3 Å². The lowest BCUT2D eigenvalue weighted by Gasteiger charge is -2.22. The molecule has 0 radical (unpaired) electrons. The van der Waals surface area contributed by atoms with E-state index in [0.717, 1.165) is 24.3 Å². The number of hydrogen-bond acceptors (Lipinski definition) is 5. The fourth-order valence-corrected chi connectivity index (χ4v) is 4.50. The van der Waals surface area contributed by atoms with Gasteiger partial charge in [-0.2, -0.15) is 0 Å². The number of thiazole rings is 1. The maximum absolute atomic E-state index is 12.0. The third-order valence-corrected chi connectivity index (χ3v) is 5.68. The molecule has 0 aliphatic carbocycles. The highest BCUT2D eigenvalue weighted by Crippen LogP contribution is 2.18. The number of rotatable bonds is 3. The average Bonchev–Trinajstić information content (AvgIpc) is 2.71. The van der Waals surface area contributed by atoms with Crippen LogP contribution in [0, 0.1) is 0 Å². The molecule has 1 atom stereocenters. The van der Waals surface area contributed by atoms with E-state index >= 15 is 0 Å². The fourth-order valence-electron chi connectivity index (χ4n) is 1.76. The Labute approximate surface area is 93.7 Å². The van der Waals surface area contributed by atoms with E-state index in [1.807, 2.05) is 0 Å². The summed E-state index contributed by atoms with van der Waals surface area (Å²) in [4.78, 5) is 4.72. The normalized spacial score (nSPS) is 22.8. The van der Waals surface area contributed by atoms with Crippen LogP contribution >= 0.6 is 11.3 Å². The van der Waals surface area contributed by atoms with E-state index in [4.69, 9.17) is 0 Å². The van der Waals surface area contributed by atoms with Gasteiger partial charge in [-0.15, -0.1) is 11.3 Å². The first-order chi connectivity index (χ1) is 7.18. The molecule has 1 aromatic rings. The summed E-state index contributed by atoms with van der Waals surface area (Å²) in [7, 11) is -3.00. The Bertz CT molecular complexity index is 394. The Morgan fingerprint density at radius 1 is 1.60 bits per heavy atom. The quantitative estimate of drug-likeness (QED) is 0.857. The second-order valence-electron chi connectivity index (χ2n) is 3.74. The predicted octanol–water partition coefficient (Wildman–Crippen LogP) is 0.810. The Hall–Kier alpha value is -0.460. The maximum atomic E-state index is 12.0. The maximum Gasteiger partial charge on any atom is 0.159 e. The monoisotopic (exact) mass is 246 g/mol. The molecule has 0 aromatic carbocycles. The van der Waals surface area contributed by atoms with Crippen molar-refractivity contribution in [3.8, 4) is 0 Å². The third kappa shape index (κ3) is 2.76. The van der Waals surface area contributed by atoms with Crippen LogP contribution in [0.1, 0.15) is 17.7 Å². The average molecular weight is 246 g/mol. The Kier molecular flexibility index (Phi) is 3.38. The molecule has 1 saturated heterocycles. The summed E-state index contributed by atoms with van der Waals surface area (Å²) in [6, 6.07) is 0. The second-order valence-corrected chi connectivity index (χ2v) is 7.00. The van der Waals surface area contributed by atoms with Gasteiger partial charge in [-0.1, -0.05) is 0 Å². The minimum Gasteiger partial charge on any atom is -0.315 e. The summed E-state index contributed by atoms with van der Waals surface area (Å²) in [6.45, 7) is 1.54. The van der Waals surface area contributed by atoms with Gasteiger partial charge in [0.05, 0.1) is 16.5 Å². The van der Waals surface area contributed by atoms with Gasteiger partial charge in [0.2, 0.25) is 0 Å². The van der Waals surface area contributed by atoms with Crippen LogP contribution in [0.15, 0.2) is 11.7 Å². The highest BCUT2D eigenvalue weighted by Gasteiger charge is 2.27. The zero-order chi connectivity index (χ0) is 10.7. The standard InChI is InChI=1S/C9H14N2O2S2/c12-15(13,6-8-4-11-7-14-8)9-2-1-3-10-5-9/h4,7,9-10H,1-3,5-6H2. The molecule has 4 nitrogen and oxygen atoms in total. The zero-order valence-electron chi connectivity index (χ0n) is 8.35. The molecule has 2 heterocycles. The van der Waals surface area contributed by atoms with Crippen molar-refractivity contribution in [1.82, 2.24) is 10.3 Å². The van der Waals surface area contributed by atoms with Crippen molar-refractivity contribution in [2.24, 2.45) is 0 Å². The summed E-state index contributed by atoms with van der Waals surface area (Å²) >= 11 is 1.40. The summed E-state index contributed by atoms with van der Waals surface area (Å²) in [5, 5.41) is 2.91. The molecule has 0 spiro atoms. The number of nitrogens with one attached hydrogen (secondary N) is 1. The largest absolute Gasteiger partial charge is 0.315 e. The smallest absolute Gasteiger partial charge is 0.159 e. The van der Waals surface area contributed by atoms with Crippen molar-refractivity contribution in [3.05, 3.63) is 16.6 Å². The number of hydrogen-bond donors (Lipinski definition) is 1. The van der Waals surface area contributed by atoms with Crippen molar-refractivity contribution in [2.75, 3.05) is 13.1 Å². The first kappa shape index (κ1) is 11.0. The van der Waals surface area contributed by atoms with E-state index in [9.17, 15) is 8.42 Å². The highest BCUT2D eigenvalue weighted by molar-refractivity contribution is 7.91. The zero-order valence-corrected chi connectivity index (χ0v) is 9.98. The molecule has 2 rings (SSSR count). The minimum absolute atomic E-state index is 0.143. The van der Waals surface area contributed by atoms with Gasteiger partial charge in [0.15, 0.2) is 9.84 Å². The van der Waals surface area contributed by atoms with Gasteiger partial charge in [0.1, 0.15) is 0 Å². The molecular formula is C9H14N2O2S2. The first-order valence-electron chi connectivity index (χ1n) is 4.98. The fraction of sp³-hybridized carbons (Fsp3) is 0.667. The lowest BCUT2D eigenvalue weighted by molar-refractivity contribution is 0.496. The Morgan fingerprint density at radius 3 is 3.07 bits per heavy atom. The minimum atomic E-state index is -3.00. The van der Waals surface area contributed by atoms with Crippen LogP contribution in [0.3, 0.4) is 0 Å². The summed E-state index contributed by atoms with van der Waals surface area (Å²) in [5.74, 6) is 0.143. The van der Waals surface area contributed by atoms with Gasteiger partial charge in [-0.3, -0.25) is 4.98 Å². The van der Waals surface area contributed by atoms with Crippen molar-refractivity contribution >= 4 is 21.2 Å².